The van der Waals surface area contributed by atoms with E-state index >= 15 is 0 Å². The van der Waals surface area contributed by atoms with Gasteiger partial charge >= 0.3 is 0 Å². The molecule has 0 aliphatic heterocycles. The molecular weight excluding hydrogens is 212 g/mol. The molecule has 4 nitrogen and oxygen atoms in total. The average Bonchev–Trinajstić information content (AvgIpc) is 2.30. The van der Waals surface area contributed by atoms with Gasteiger partial charge in [0.25, 0.3) is 0 Å². The lowest BCUT2D eigenvalue weighted by Crippen LogP contribution is -1.94. The zero-order valence-corrected chi connectivity index (χ0v) is 8.86. The zero-order valence-electron chi connectivity index (χ0n) is 8.11. The van der Waals surface area contributed by atoms with Gasteiger partial charge in [-0.05, 0) is 12.1 Å². The molecule has 0 atom stereocenters. The molecule has 76 valence electrons. The van der Waals surface area contributed by atoms with Crippen LogP contribution in [0.2, 0.25) is 5.15 Å². The molecule has 0 saturated carbocycles. The van der Waals surface area contributed by atoms with Gasteiger partial charge in [-0.25, -0.2) is 15.0 Å². The summed E-state index contributed by atoms with van der Waals surface area (Å²) in [7, 11) is 1.80. The van der Waals surface area contributed by atoms with Crippen LogP contribution in [0, 0.1) is 0 Å². The molecule has 0 aromatic carbocycles. The van der Waals surface area contributed by atoms with Gasteiger partial charge in [0.15, 0.2) is 0 Å². The van der Waals surface area contributed by atoms with Gasteiger partial charge in [0.2, 0.25) is 0 Å². The Kier molecular flexibility index (Phi) is 2.78. The minimum Gasteiger partial charge on any atom is -0.373 e. The Morgan fingerprint density at radius 1 is 1.27 bits per heavy atom. The molecule has 0 amide bonds. The first-order valence-electron chi connectivity index (χ1n) is 4.42. The van der Waals surface area contributed by atoms with Crippen molar-refractivity contribution in [1.82, 2.24) is 15.0 Å². The number of nitrogens with zero attached hydrogens (tertiary/aromatic N) is 3. The first kappa shape index (κ1) is 9.86. The fraction of sp³-hybridized carbons (Fsp3) is 0.100. The van der Waals surface area contributed by atoms with Crippen LogP contribution in [0.25, 0.3) is 11.3 Å². The van der Waals surface area contributed by atoms with Crippen molar-refractivity contribution in [2.75, 3.05) is 12.4 Å². The van der Waals surface area contributed by atoms with E-state index in [9.17, 15) is 0 Å². The van der Waals surface area contributed by atoms with E-state index in [4.69, 9.17) is 11.6 Å². The maximum Gasteiger partial charge on any atom is 0.138 e. The van der Waals surface area contributed by atoms with E-state index in [0.717, 1.165) is 17.1 Å². The van der Waals surface area contributed by atoms with E-state index < -0.39 is 0 Å². The van der Waals surface area contributed by atoms with Crippen LogP contribution >= 0.6 is 11.6 Å². The molecule has 0 aliphatic rings. The fourth-order valence-corrected chi connectivity index (χ4v) is 1.43. The molecular formula is C10H9ClN4. The summed E-state index contributed by atoms with van der Waals surface area (Å²) in [4.78, 5) is 12.2. The molecule has 2 aromatic heterocycles. The van der Waals surface area contributed by atoms with Crippen LogP contribution in [0.5, 0.6) is 0 Å². The predicted molar refractivity (Wildman–Crippen MR) is 59.8 cm³/mol. The number of aromatic nitrogens is 3. The smallest absolute Gasteiger partial charge is 0.138 e. The number of anilines is 1. The van der Waals surface area contributed by atoms with Crippen LogP contribution < -0.4 is 5.32 Å². The number of nitrogens with one attached hydrogen (secondary N) is 1. The molecule has 5 heteroatoms. The molecule has 0 saturated heterocycles. The van der Waals surface area contributed by atoms with Crippen LogP contribution in [0.4, 0.5) is 5.82 Å². The fourth-order valence-electron chi connectivity index (χ4n) is 1.22. The summed E-state index contributed by atoms with van der Waals surface area (Å²) < 4.78 is 0. The third-order valence-corrected chi connectivity index (χ3v) is 2.26. The highest BCUT2D eigenvalue weighted by Gasteiger charge is 2.05. The van der Waals surface area contributed by atoms with Crippen molar-refractivity contribution in [2.24, 2.45) is 0 Å². The molecule has 0 aliphatic carbocycles. The lowest BCUT2D eigenvalue weighted by molar-refractivity contribution is 1.16. The third-order valence-electron chi connectivity index (χ3n) is 1.96. The minimum absolute atomic E-state index is 0.443. The van der Waals surface area contributed by atoms with E-state index in [0.29, 0.717) is 5.15 Å². The van der Waals surface area contributed by atoms with Gasteiger partial charge in [0.1, 0.15) is 17.3 Å². The maximum absolute atomic E-state index is 5.96. The van der Waals surface area contributed by atoms with E-state index in [1.807, 2.05) is 18.2 Å². The first-order chi connectivity index (χ1) is 7.31. The lowest BCUT2D eigenvalue weighted by atomic mass is 10.2. The Hall–Kier alpha value is -1.68. The molecule has 2 heterocycles. The lowest BCUT2D eigenvalue weighted by Gasteiger charge is -2.03. The molecule has 2 aromatic rings. The zero-order chi connectivity index (χ0) is 10.7. The molecule has 0 spiro atoms. The summed E-state index contributed by atoms with van der Waals surface area (Å²) in [5.74, 6) is 0.750. The van der Waals surface area contributed by atoms with Gasteiger partial charge in [0, 0.05) is 24.9 Å². The topological polar surface area (TPSA) is 50.7 Å². The van der Waals surface area contributed by atoms with Gasteiger partial charge < -0.3 is 5.32 Å². The molecule has 0 unspecified atom stereocenters. The SMILES string of the molecule is CNc1cc(-c2cccnc2Cl)ncn1. The molecule has 15 heavy (non-hydrogen) atoms. The summed E-state index contributed by atoms with van der Waals surface area (Å²) >= 11 is 5.96. The van der Waals surface area contributed by atoms with Crippen molar-refractivity contribution in [1.29, 1.82) is 0 Å². The van der Waals surface area contributed by atoms with E-state index in [1.165, 1.54) is 6.33 Å². The summed E-state index contributed by atoms with van der Waals surface area (Å²) in [6.07, 6.45) is 3.14. The van der Waals surface area contributed by atoms with Gasteiger partial charge in [-0.1, -0.05) is 11.6 Å². The summed E-state index contributed by atoms with van der Waals surface area (Å²) in [5.41, 5.74) is 1.56. The molecule has 1 N–H and O–H groups in total. The number of hydrogen-bond acceptors (Lipinski definition) is 4. The Bertz CT molecular complexity index is 472. The Labute approximate surface area is 92.4 Å². The monoisotopic (exact) mass is 220 g/mol. The van der Waals surface area contributed by atoms with Gasteiger partial charge in [-0.2, -0.15) is 0 Å². The highest BCUT2D eigenvalue weighted by atomic mass is 35.5. The average molecular weight is 221 g/mol. The summed E-state index contributed by atoms with van der Waals surface area (Å²) in [5, 5.41) is 3.38. The summed E-state index contributed by atoms with van der Waals surface area (Å²) in [6.45, 7) is 0. The summed E-state index contributed by atoms with van der Waals surface area (Å²) in [6, 6.07) is 5.52. The molecule has 0 fully saturated rings. The second-order valence-electron chi connectivity index (χ2n) is 2.88. The first-order valence-corrected chi connectivity index (χ1v) is 4.80. The van der Waals surface area contributed by atoms with Crippen molar-refractivity contribution in [3.63, 3.8) is 0 Å². The van der Waals surface area contributed by atoms with Gasteiger partial charge in [-0.15, -0.1) is 0 Å². The van der Waals surface area contributed by atoms with E-state index in [1.54, 1.807) is 13.2 Å². The van der Waals surface area contributed by atoms with E-state index in [-0.39, 0.29) is 0 Å². The molecule has 2 rings (SSSR count). The number of pyridine rings is 1. The second-order valence-corrected chi connectivity index (χ2v) is 3.24. The van der Waals surface area contributed by atoms with Crippen LogP contribution in [0.1, 0.15) is 0 Å². The van der Waals surface area contributed by atoms with Crippen molar-refractivity contribution in [3.8, 4) is 11.3 Å². The normalized spacial score (nSPS) is 10.0. The minimum atomic E-state index is 0.443. The Morgan fingerprint density at radius 3 is 2.87 bits per heavy atom. The van der Waals surface area contributed by atoms with Crippen molar-refractivity contribution in [3.05, 3.63) is 35.9 Å². The highest BCUT2D eigenvalue weighted by molar-refractivity contribution is 6.32. The van der Waals surface area contributed by atoms with E-state index in [2.05, 4.69) is 20.3 Å². The van der Waals surface area contributed by atoms with Crippen LogP contribution in [-0.4, -0.2) is 22.0 Å². The van der Waals surface area contributed by atoms with Gasteiger partial charge in [0.05, 0.1) is 5.69 Å². The number of rotatable bonds is 2. The van der Waals surface area contributed by atoms with Crippen molar-refractivity contribution < 1.29 is 0 Å². The second kappa shape index (κ2) is 4.23. The maximum atomic E-state index is 5.96. The molecule has 0 bridgehead atoms. The predicted octanol–water partition coefficient (Wildman–Crippen LogP) is 2.23. The van der Waals surface area contributed by atoms with Crippen LogP contribution in [-0.2, 0) is 0 Å². The highest BCUT2D eigenvalue weighted by Crippen LogP contribution is 2.24. The standard InChI is InChI=1S/C10H9ClN4/c1-12-9-5-8(14-6-15-9)7-3-2-4-13-10(7)11/h2-6H,1H3,(H,12,14,15). The van der Waals surface area contributed by atoms with Gasteiger partial charge in [-0.3, -0.25) is 0 Å². The number of hydrogen-bond donors (Lipinski definition) is 1. The van der Waals surface area contributed by atoms with Crippen molar-refractivity contribution in [2.45, 2.75) is 0 Å². The largest absolute Gasteiger partial charge is 0.373 e. The van der Waals surface area contributed by atoms with Crippen LogP contribution in [0.15, 0.2) is 30.7 Å². The Morgan fingerprint density at radius 2 is 2.13 bits per heavy atom. The molecule has 0 radical (unpaired) electrons. The van der Waals surface area contributed by atoms with Crippen LogP contribution in [0.3, 0.4) is 0 Å². The quantitative estimate of drug-likeness (QED) is 0.789. The number of halogens is 1. The van der Waals surface area contributed by atoms with Crippen molar-refractivity contribution >= 4 is 17.4 Å². The third kappa shape index (κ3) is 2.05. The Balaban J connectivity index is 2.49.